The van der Waals surface area contributed by atoms with Crippen molar-refractivity contribution in [2.45, 2.75) is 12.3 Å². The molecule has 3 aliphatic rings. The Bertz CT molecular complexity index is 1340. The van der Waals surface area contributed by atoms with Gasteiger partial charge in [0.05, 0.1) is 19.1 Å². The zero-order valence-corrected chi connectivity index (χ0v) is 17.6. The van der Waals surface area contributed by atoms with Crippen molar-refractivity contribution in [3.05, 3.63) is 82.6 Å². The quantitative estimate of drug-likeness (QED) is 0.336. The molecule has 3 aromatic rings. The average molecular weight is 442 g/mol. The molecule has 0 spiro atoms. The summed E-state index contributed by atoms with van der Waals surface area (Å²) in [6.07, 6.45) is 1.80. The van der Waals surface area contributed by atoms with Gasteiger partial charge in [-0.05, 0) is 41.5 Å². The molecule has 3 heterocycles. The van der Waals surface area contributed by atoms with Crippen LogP contribution in [0.15, 0.2) is 60.4 Å². The Labute approximate surface area is 189 Å². The van der Waals surface area contributed by atoms with E-state index < -0.39 is 5.92 Å². The van der Waals surface area contributed by atoms with Gasteiger partial charge in [-0.1, -0.05) is 30.3 Å². The summed E-state index contributed by atoms with van der Waals surface area (Å²) in [6.45, 7) is 0.0963. The smallest absolute Gasteiger partial charge is 0.312 e. The Morgan fingerprint density at radius 2 is 1.79 bits per heavy atom. The van der Waals surface area contributed by atoms with Crippen LogP contribution in [0.25, 0.3) is 6.08 Å². The molecule has 0 saturated carbocycles. The van der Waals surface area contributed by atoms with Gasteiger partial charge in [0.1, 0.15) is 11.5 Å². The van der Waals surface area contributed by atoms with Gasteiger partial charge in [-0.15, -0.1) is 0 Å². The molecular formula is C26H18O7. The van der Waals surface area contributed by atoms with Crippen LogP contribution in [0.1, 0.15) is 39.4 Å². The van der Waals surface area contributed by atoms with Gasteiger partial charge in [0, 0.05) is 11.5 Å². The van der Waals surface area contributed by atoms with Crippen molar-refractivity contribution in [2.75, 3.05) is 13.9 Å². The van der Waals surface area contributed by atoms with Crippen LogP contribution in [-0.4, -0.2) is 25.7 Å². The number of allylic oxidation sites excluding steroid dienone is 1. The monoisotopic (exact) mass is 442 g/mol. The van der Waals surface area contributed by atoms with Gasteiger partial charge < -0.3 is 23.7 Å². The summed E-state index contributed by atoms with van der Waals surface area (Å²) in [7, 11) is 1.55. The number of carbonyl (C=O) groups excluding carboxylic acids is 2. The van der Waals surface area contributed by atoms with E-state index in [1.54, 1.807) is 25.3 Å². The van der Waals surface area contributed by atoms with Crippen LogP contribution >= 0.6 is 0 Å². The maximum Gasteiger partial charge on any atom is 0.312 e. The van der Waals surface area contributed by atoms with E-state index in [2.05, 4.69) is 0 Å². The number of hydrogen-bond acceptors (Lipinski definition) is 7. The summed E-state index contributed by atoms with van der Waals surface area (Å²) >= 11 is 0. The predicted octanol–water partition coefficient (Wildman–Crippen LogP) is 4.48. The van der Waals surface area contributed by atoms with E-state index in [0.29, 0.717) is 39.9 Å². The highest BCUT2D eigenvalue weighted by Gasteiger charge is 2.39. The molecule has 0 aromatic heterocycles. The number of ketones is 1. The van der Waals surface area contributed by atoms with Crippen LogP contribution in [0, 0.1) is 0 Å². The van der Waals surface area contributed by atoms with Gasteiger partial charge in [-0.3, -0.25) is 9.59 Å². The van der Waals surface area contributed by atoms with E-state index in [0.717, 1.165) is 11.1 Å². The van der Waals surface area contributed by atoms with Gasteiger partial charge in [0.25, 0.3) is 0 Å². The summed E-state index contributed by atoms with van der Waals surface area (Å²) in [5.74, 6) is 1.59. The predicted molar refractivity (Wildman–Crippen MR) is 117 cm³/mol. The van der Waals surface area contributed by atoms with Gasteiger partial charge in [-0.25, -0.2) is 0 Å². The number of rotatable bonds is 3. The maximum absolute atomic E-state index is 13.1. The lowest BCUT2D eigenvalue weighted by Gasteiger charge is -2.26. The molecule has 164 valence electrons. The SMILES string of the molecule is COc1cc([C@H]2CC(=O)Oc3ccc4c(c32)O/C(=C\c2ccccc2)C4=O)cc2c1OCO2. The second-order valence-corrected chi connectivity index (χ2v) is 7.89. The standard InChI is InChI=1S/C26H18O7/c1-29-20-10-15(11-21-26(20)31-13-30-21)17-12-22(27)32-18-8-7-16-24(28)19(33-25(16)23(17)18)9-14-5-3-2-4-6-14/h2-11,17H,12-13H2,1H3/b19-9-/t17-/m1/s1. The number of methoxy groups -OCH3 is 1. The Kier molecular flexibility index (Phi) is 4.36. The first-order valence-electron chi connectivity index (χ1n) is 10.5. The van der Waals surface area contributed by atoms with Gasteiger partial charge in [0.2, 0.25) is 18.3 Å². The third-order valence-electron chi connectivity index (χ3n) is 5.96. The van der Waals surface area contributed by atoms with Crippen LogP contribution in [-0.2, 0) is 4.79 Å². The molecule has 0 aliphatic carbocycles. The molecule has 6 rings (SSSR count). The van der Waals surface area contributed by atoms with Crippen molar-refractivity contribution in [3.63, 3.8) is 0 Å². The third kappa shape index (κ3) is 3.12. The lowest BCUT2D eigenvalue weighted by molar-refractivity contribution is -0.135. The summed E-state index contributed by atoms with van der Waals surface area (Å²) < 4.78 is 28.1. The number of carbonyl (C=O) groups is 2. The molecule has 0 saturated heterocycles. The lowest BCUT2D eigenvalue weighted by atomic mass is 9.84. The second kappa shape index (κ2) is 7.41. The molecule has 0 amide bonds. The largest absolute Gasteiger partial charge is 0.493 e. The number of ether oxygens (including phenoxy) is 5. The van der Waals surface area contributed by atoms with Crippen molar-refractivity contribution in [3.8, 4) is 28.7 Å². The van der Waals surface area contributed by atoms with E-state index in [1.807, 2.05) is 42.5 Å². The number of Topliss-reactive ketones (excluding diaryl/α,β-unsaturated/α-hetero) is 1. The molecular weight excluding hydrogens is 424 g/mol. The summed E-state index contributed by atoms with van der Waals surface area (Å²) in [6, 6.07) is 16.4. The number of hydrogen-bond donors (Lipinski definition) is 0. The Morgan fingerprint density at radius 3 is 2.61 bits per heavy atom. The van der Waals surface area contributed by atoms with E-state index in [9.17, 15) is 9.59 Å². The van der Waals surface area contributed by atoms with Crippen molar-refractivity contribution < 1.29 is 33.3 Å². The molecule has 1 atom stereocenters. The third-order valence-corrected chi connectivity index (χ3v) is 5.96. The van der Waals surface area contributed by atoms with Crippen molar-refractivity contribution in [1.29, 1.82) is 0 Å². The van der Waals surface area contributed by atoms with Crippen molar-refractivity contribution >= 4 is 17.8 Å². The highest BCUT2D eigenvalue weighted by molar-refractivity contribution is 6.15. The summed E-state index contributed by atoms with van der Waals surface area (Å²) in [5, 5.41) is 0. The molecule has 0 bridgehead atoms. The summed E-state index contributed by atoms with van der Waals surface area (Å²) in [4.78, 5) is 25.5. The van der Waals surface area contributed by atoms with Crippen LogP contribution < -0.4 is 23.7 Å². The van der Waals surface area contributed by atoms with Crippen LogP contribution in [0.3, 0.4) is 0 Å². The Balaban J connectivity index is 1.48. The fraction of sp³-hybridized carbons (Fsp3) is 0.154. The van der Waals surface area contributed by atoms with Gasteiger partial charge in [0.15, 0.2) is 17.3 Å². The zero-order chi connectivity index (χ0) is 22.5. The molecule has 3 aliphatic heterocycles. The van der Waals surface area contributed by atoms with E-state index in [-0.39, 0.29) is 30.7 Å². The topological polar surface area (TPSA) is 80.3 Å². The fourth-order valence-corrected chi connectivity index (χ4v) is 4.44. The highest BCUT2D eigenvalue weighted by Crippen LogP contribution is 2.51. The van der Waals surface area contributed by atoms with Crippen LogP contribution in [0.4, 0.5) is 0 Å². The molecule has 33 heavy (non-hydrogen) atoms. The molecule has 0 radical (unpaired) electrons. The molecule has 7 nitrogen and oxygen atoms in total. The first-order chi connectivity index (χ1) is 16.1. The van der Waals surface area contributed by atoms with Crippen molar-refractivity contribution in [2.24, 2.45) is 0 Å². The molecule has 0 unspecified atom stereocenters. The summed E-state index contributed by atoms with van der Waals surface area (Å²) in [5.41, 5.74) is 2.72. The van der Waals surface area contributed by atoms with Crippen LogP contribution in [0.5, 0.6) is 28.7 Å². The minimum atomic E-state index is -0.413. The first-order valence-corrected chi connectivity index (χ1v) is 10.5. The number of benzene rings is 3. The normalized spacial score (nSPS) is 19.1. The minimum absolute atomic E-state index is 0.0849. The van der Waals surface area contributed by atoms with Crippen LogP contribution in [0.2, 0.25) is 0 Å². The Hall–Kier alpha value is -4.26. The molecule has 0 N–H and O–H groups in total. The number of fused-ring (bicyclic) bond motifs is 4. The Morgan fingerprint density at radius 1 is 0.939 bits per heavy atom. The van der Waals surface area contributed by atoms with E-state index in [4.69, 9.17) is 23.7 Å². The van der Waals surface area contributed by atoms with Crippen molar-refractivity contribution in [1.82, 2.24) is 0 Å². The average Bonchev–Trinajstić information content (AvgIpc) is 3.43. The molecule has 3 aromatic carbocycles. The zero-order valence-electron chi connectivity index (χ0n) is 17.6. The van der Waals surface area contributed by atoms with Gasteiger partial charge in [-0.2, -0.15) is 0 Å². The number of esters is 1. The van der Waals surface area contributed by atoms with E-state index in [1.165, 1.54) is 0 Å². The minimum Gasteiger partial charge on any atom is -0.493 e. The van der Waals surface area contributed by atoms with E-state index >= 15 is 0 Å². The molecule has 0 fully saturated rings. The lowest BCUT2D eigenvalue weighted by Crippen LogP contribution is -2.21. The maximum atomic E-state index is 13.1. The molecule has 7 heteroatoms. The highest BCUT2D eigenvalue weighted by atomic mass is 16.7. The second-order valence-electron chi connectivity index (χ2n) is 7.89. The fourth-order valence-electron chi connectivity index (χ4n) is 4.44. The van der Waals surface area contributed by atoms with Gasteiger partial charge >= 0.3 is 5.97 Å². The first kappa shape index (κ1) is 19.4.